The van der Waals surface area contributed by atoms with Crippen molar-refractivity contribution in [2.24, 2.45) is 4.99 Å². The highest BCUT2D eigenvalue weighted by Gasteiger charge is 2.24. The van der Waals surface area contributed by atoms with E-state index in [2.05, 4.69) is 4.99 Å². The third-order valence-corrected chi connectivity index (χ3v) is 3.30. The number of hydrogen-bond donors (Lipinski definition) is 0. The number of ether oxygens (including phenoxy) is 2. The Balaban J connectivity index is 1.69. The molecule has 2 aromatic rings. The molecule has 4 nitrogen and oxygen atoms in total. The normalized spacial score (nSPS) is 16.8. The van der Waals surface area contributed by atoms with Crippen molar-refractivity contribution in [3.8, 4) is 5.75 Å². The minimum absolute atomic E-state index is 0.243. The third-order valence-electron chi connectivity index (χ3n) is 3.30. The van der Waals surface area contributed by atoms with Gasteiger partial charge in [0.2, 0.25) is 0 Å². The summed E-state index contributed by atoms with van der Waals surface area (Å²) in [6.45, 7) is 0.494. The molecule has 106 valence electrons. The Hall–Kier alpha value is -2.62. The molecule has 1 unspecified atom stereocenters. The van der Waals surface area contributed by atoms with Crippen molar-refractivity contribution in [2.45, 2.75) is 19.1 Å². The Morgan fingerprint density at radius 3 is 2.57 bits per heavy atom. The molecule has 0 bridgehead atoms. The van der Waals surface area contributed by atoms with Crippen molar-refractivity contribution >= 4 is 12.3 Å². The zero-order valence-electron chi connectivity index (χ0n) is 11.4. The van der Waals surface area contributed by atoms with Gasteiger partial charge in [0.15, 0.2) is 12.5 Å². The summed E-state index contributed by atoms with van der Waals surface area (Å²) in [5.74, 6) is 0.525. The minimum Gasteiger partial charge on any atom is -0.489 e. The van der Waals surface area contributed by atoms with Crippen molar-refractivity contribution in [3.05, 3.63) is 65.7 Å². The van der Waals surface area contributed by atoms with Gasteiger partial charge in [0, 0.05) is 6.42 Å². The van der Waals surface area contributed by atoms with Gasteiger partial charge in [-0.05, 0) is 17.2 Å². The van der Waals surface area contributed by atoms with E-state index in [4.69, 9.17) is 9.47 Å². The van der Waals surface area contributed by atoms with E-state index in [1.54, 1.807) is 0 Å². The van der Waals surface area contributed by atoms with Gasteiger partial charge < -0.3 is 9.47 Å². The number of nitrogens with zero attached hydrogens (tertiary/aromatic N) is 1. The number of amides is 1. The van der Waals surface area contributed by atoms with E-state index in [-0.39, 0.29) is 5.91 Å². The monoisotopic (exact) mass is 281 g/mol. The molecule has 0 fully saturated rings. The molecule has 2 aromatic carbocycles. The second kappa shape index (κ2) is 6.22. The van der Waals surface area contributed by atoms with E-state index in [9.17, 15) is 4.79 Å². The van der Waals surface area contributed by atoms with Crippen LogP contribution >= 0.6 is 0 Å². The molecule has 1 aliphatic rings. The van der Waals surface area contributed by atoms with Crippen molar-refractivity contribution in [1.82, 2.24) is 0 Å². The van der Waals surface area contributed by atoms with Gasteiger partial charge in [-0.25, -0.2) is 0 Å². The van der Waals surface area contributed by atoms with E-state index in [0.717, 1.165) is 16.9 Å². The smallest absolute Gasteiger partial charge is 0.289 e. The molecule has 0 saturated heterocycles. The summed E-state index contributed by atoms with van der Waals surface area (Å²) < 4.78 is 11.1. The lowest BCUT2D eigenvalue weighted by Gasteiger charge is -2.13. The zero-order valence-corrected chi connectivity index (χ0v) is 11.4. The van der Waals surface area contributed by atoms with Crippen molar-refractivity contribution in [2.75, 3.05) is 0 Å². The average molecular weight is 281 g/mol. The van der Waals surface area contributed by atoms with Crippen LogP contribution in [0.2, 0.25) is 0 Å². The Kier molecular flexibility index (Phi) is 3.96. The standard InChI is InChI=1S/C17H15NO3/c19-17-16(21-12-18-17)10-14-8-4-5-9-15(14)20-11-13-6-2-1-3-7-13/h1-9,12,16H,10-11H2. The third kappa shape index (κ3) is 3.28. The first-order chi connectivity index (χ1) is 10.3. The van der Waals surface area contributed by atoms with E-state index in [1.807, 2.05) is 54.6 Å². The molecular formula is C17H15NO3. The lowest BCUT2D eigenvalue weighted by Crippen LogP contribution is -2.19. The van der Waals surface area contributed by atoms with Crippen LogP contribution in [0.3, 0.4) is 0 Å². The predicted octanol–water partition coefficient (Wildman–Crippen LogP) is 2.76. The maximum Gasteiger partial charge on any atom is 0.289 e. The van der Waals surface area contributed by atoms with Crippen LogP contribution in [0.4, 0.5) is 0 Å². The summed E-state index contributed by atoms with van der Waals surface area (Å²) >= 11 is 0. The first-order valence-electron chi connectivity index (χ1n) is 6.79. The van der Waals surface area contributed by atoms with Crippen LogP contribution in [0.25, 0.3) is 0 Å². The highest BCUT2D eigenvalue weighted by Crippen LogP contribution is 2.22. The van der Waals surface area contributed by atoms with E-state index in [0.29, 0.717) is 13.0 Å². The second-order valence-corrected chi connectivity index (χ2v) is 4.78. The fraction of sp³-hybridized carbons (Fsp3) is 0.176. The van der Waals surface area contributed by atoms with Gasteiger partial charge in [0.05, 0.1) is 0 Å². The SMILES string of the molecule is O=C1N=COC1Cc1ccccc1OCc1ccccc1. The topological polar surface area (TPSA) is 47.9 Å². The van der Waals surface area contributed by atoms with Gasteiger partial charge in [-0.1, -0.05) is 48.5 Å². The van der Waals surface area contributed by atoms with Gasteiger partial charge in [0.1, 0.15) is 12.4 Å². The highest BCUT2D eigenvalue weighted by molar-refractivity contribution is 5.91. The average Bonchev–Trinajstić information content (AvgIpc) is 2.93. The van der Waals surface area contributed by atoms with Crippen LogP contribution in [0, 0.1) is 0 Å². The number of carbonyl (C=O) groups is 1. The minimum atomic E-state index is -0.536. The van der Waals surface area contributed by atoms with Crippen LogP contribution in [0.15, 0.2) is 59.6 Å². The van der Waals surface area contributed by atoms with Gasteiger partial charge >= 0.3 is 0 Å². The van der Waals surface area contributed by atoms with Crippen molar-refractivity contribution < 1.29 is 14.3 Å². The highest BCUT2D eigenvalue weighted by atomic mass is 16.5. The number of para-hydroxylation sites is 1. The molecule has 1 amide bonds. The number of benzene rings is 2. The van der Waals surface area contributed by atoms with Gasteiger partial charge in [0.25, 0.3) is 5.91 Å². The first-order valence-corrected chi connectivity index (χ1v) is 6.79. The maximum atomic E-state index is 11.5. The fourth-order valence-electron chi connectivity index (χ4n) is 2.18. The van der Waals surface area contributed by atoms with Crippen molar-refractivity contribution in [1.29, 1.82) is 0 Å². The second-order valence-electron chi connectivity index (χ2n) is 4.78. The summed E-state index contributed by atoms with van der Waals surface area (Å²) in [7, 11) is 0. The lowest BCUT2D eigenvalue weighted by atomic mass is 10.1. The number of carbonyl (C=O) groups excluding carboxylic acids is 1. The summed E-state index contributed by atoms with van der Waals surface area (Å²) in [6.07, 6.45) is 1.14. The van der Waals surface area contributed by atoms with Gasteiger partial charge in [-0.3, -0.25) is 4.79 Å². The van der Waals surface area contributed by atoms with Gasteiger partial charge in [-0.2, -0.15) is 4.99 Å². The van der Waals surface area contributed by atoms with Crippen LogP contribution < -0.4 is 4.74 Å². The quantitative estimate of drug-likeness (QED) is 0.846. The van der Waals surface area contributed by atoms with Crippen molar-refractivity contribution in [3.63, 3.8) is 0 Å². The molecule has 1 atom stereocenters. The molecule has 0 N–H and O–H groups in total. The van der Waals surface area contributed by atoms with Crippen LogP contribution in [0.1, 0.15) is 11.1 Å². The van der Waals surface area contributed by atoms with Crippen LogP contribution in [-0.2, 0) is 22.6 Å². The Morgan fingerprint density at radius 2 is 1.81 bits per heavy atom. The van der Waals surface area contributed by atoms with E-state index in [1.165, 1.54) is 6.40 Å². The molecule has 1 heterocycles. The molecule has 21 heavy (non-hydrogen) atoms. The Labute approximate surface area is 123 Å². The molecule has 0 aliphatic carbocycles. The Morgan fingerprint density at radius 1 is 1.05 bits per heavy atom. The number of hydrogen-bond acceptors (Lipinski definition) is 3. The van der Waals surface area contributed by atoms with E-state index < -0.39 is 6.10 Å². The maximum absolute atomic E-state index is 11.5. The molecule has 0 aromatic heterocycles. The predicted molar refractivity (Wildman–Crippen MR) is 79.3 cm³/mol. The molecule has 0 spiro atoms. The molecule has 1 aliphatic heterocycles. The summed E-state index contributed by atoms with van der Waals surface area (Å²) in [5, 5.41) is 0. The molecule has 3 rings (SSSR count). The summed E-state index contributed by atoms with van der Waals surface area (Å²) in [6, 6.07) is 17.6. The first kappa shape index (κ1) is 13.4. The number of rotatable bonds is 5. The Bertz CT molecular complexity index is 652. The number of aliphatic imine (C=N–C) groups is 1. The summed E-state index contributed by atoms with van der Waals surface area (Å²) in [4.78, 5) is 15.1. The molecule has 0 saturated carbocycles. The van der Waals surface area contributed by atoms with E-state index >= 15 is 0 Å². The zero-order chi connectivity index (χ0) is 14.5. The van der Waals surface area contributed by atoms with Crippen LogP contribution in [0.5, 0.6) is 5.75 Å². The fourth-order valence-corrected chi connectivity index (χ4v) is 2.18. The van der Waals surface area contributed by atoms with Gasteiger partial charge in [-0.15, -0.1) is 0 Å². The van der Waals surface area contributed by atoms with Crippen LogP contribution in [-0.4, -0.2) is 18.4 Å². The largest absolute Gasteiger partial charge is 0.489 e. The molecule has 0 radical (unpaired) electrons. The molecule has 4 heteroatoms. The summed E-state index contributed by atoms with van der Waals surface area (Å²) in [5.41, 5.74) is 2.04. The lowest BCUT2D eigenvalue weighted by molar-refractivity contribution is -0.122. The molecular weight excluding hydrogens is 266 g/mol.